The number of fused-ring (bicyclic) bond motifs is 3. The molecule has 3 aromatic rings. The second-order valence-electron chi connectivity index (χ2n) is 14.1. The Kier molecular flexibility index (Phi) is 9.43. The first-order chi connectivity index (χ1) is 23.6. The molecule has 0 bridgehead atoms. The second kappa shape index (κ2) is 13.3. The monoisotopic (exact) mass is 702 g/mol. The molecule has 1 saturated heterocycles. The first-order valence-electron chi connectivity index (χ1n) is 16.7. The number of nitro benzene ring substituents is 1. The molecule has 4 N–H and O–H groups in total. The van der Waals surface area contributed by atoms with E-state index in [2.05, 4.69) is 5.32 Å². The minimum Gasteiger partial charge on any atom is -0.432 e. The van der Waals surface area contributed by atoms with Gasteiger partial charge in [-0.15, -0.1) is 0 Å². The van der Waals surface area contributed by atoms with Crippen LogP contribution in [0.1, 0.15) is 42.5 Å². The van der Waals surface area contributed by atoms with Gasteiger partial charge in [0.2, 0.25) is 5.91 Å². The van der Waals surface area contributed by atoms with Gasteiger partial charge in [-0.1, -0.05) is 43.3 Å². The maximum atomic E-state index is 14.8. The number of nitro groups is 1. The number of hydrogen-bond acceptors (Lipinski definition) is 9. The van der Waals surface area contributed by atoms with E-state index in [1.54, 1.807) is 49.2 Å². The van der Waals surface area contributed by atoms with Crippen LogP contribution in [0, 0.1) is 16.0 Å². The van der Waals surface area contributed by atoms with Gasteiger partial charge in [-0.05, 0) is 61.3 Å². The van der Waals surface area contributed by atoms with E-state index in [4.69, 9.17) is 4.74 Å². The number of amides is 3. The summed E-state index contributed by atoms with van der Waals surface area (Å²) in [7, 11) is -3.16. The van der Waals surface area contributed by atoms with Crippen LogP contribution in [0.2, 0.25) is 18.6 Å². The van der Waals surface area contributed by atoms with E-state index in [9.17, 15) is 39.5 Å². The first-order valence-corrected chi connectivity index (χ1v) is 19.7. The van der Waals surface area contributed by atoms with Gasteiger partial charge in [0.05, 0.1) is 42.3 Å². The van der Waals surface area contributed by atoms with Crippen molar-refractivity contribution < 1.29 is 39.1 Å². The lowest BCUT2D eigenvalue weighted by molar-refractivity contribution is -0.385. The summed E-state index contributed by atoms with van der Waals surface area (Å²) in [6.07, 6.45) is -1.73. The van der Waals surface area contributed by atoms with Crippen LogP contribution in [0.3, 0.4) is 0 Å². The van der Waals surface area contributed by atoms with Crippen molar-refractivity contribution in [1.29, 1.82) is 0 Å². The minimum atomic E-state index is -3.16. The molecule has 1 fully saturated rings. The van der Waals surface area contributed by atoms with Crippen LogP contribution >= 0.6 is 0 Å². The molecule has 0 saturated carbocycles. The van der Waals surface area contributed by atoms with Crippen LogP contribution in [0.15, 0.2) is 66.7 Å². The molecular formula is C36H42N4O9Si. The van der Waals surface area contributed by atoms with Gasteiger partial charge in [0.25, 0.3) is 17.5 Å². The Morgan fingerprint density at radius 2 is 1.80 bits per heavy atom. The lowest BCUT2D eigenvalue weighted by Gasteiger charge is -2.37. The number of aliphatic hydroxyl groups excluding tert-OH is 2. The van der Waals surface area contributed by atoms with E-state index >= 15 is 0 Å². The van der Waals surface area contributed by atoms with Crippen molar-refractivity contribution in [3.05, 3.63) is 99.1 Å². The zero-order chi connectivity index (χ0) is 36.1. The van der Waals surface area contributed by atoms with Gasteiger partial charge in [0, 0.05) is 41.4 Å². The van der Waals surface area contributed by atoms with E-state index in [1.807, 2.05) is 24.3 Å². The average molecular weight is 703 g/mol. The van der Waals surface area contributed by atoms with Crippen LogP contribution in [0.4, 0.5) is 17.1 Å². The quantitative estimate of drug-likeness (QED) is 0.147. The summed E-state index contributed by atoms with van der Waals surface area (Å²) in [4.78, 5) is 67.0. The summed E-state index contributed by atoms with van der Waals surface area (Å²) in [6.45, 7) is 6.80. The molecule has 264 valence electrons. The largest absolute Gasteiger partial charge is 0.432 e. The molecule has 0 unspecified atom stereocenters. The zero-order valence-corrected chi connectivity index (χ0v) is 29.4. The average Bonchev–Trinajstić information content (AvgIpc) is 3.50. The normalized spacial score (nSPS) is 25.0. The molecular weight excluding hydrogens is 661 g/mol. The van der Waals surface area contributed by atoms with Gasteiger partial charge in [-0.3, -0.25) is 24.5 Å². The van der Waals surface area contributed by atoms with Gasteiger partial charge in [0.1, 0.15) is 6.10 Å². The van der Waals surface area contributed by atoms with Crippen LogP contribution in [0.5, 0.6) is 0 Å². The maximum Gasteiger partial charge on any atom is 0.269 e. The summed E-state index contributed by atoms with van der Waals surface area (Å²) < 4.78 is 6.77. The molecule has 0 radical (unpaired) electrons. The predicted molar refractivity (Wildman–Crippen MR) is 186 cm³/mol. The zero-order valence-electron chi connectivity index (χ0n) is 28.4. The third kappa shape index (κ3) is 6.22. The lowest BCUT2D eigenvalue weighted by atomic mass is 9.82. The highest BCUT2D eigenvalue weighted by Gasteiger charge is 2.66. The number of non-ortho nitro benzene ring substituents is 1. The van der Waals surface area contributed by atoms with E-state index in [0.717, 1.165) is 11.1 Å². The molecule has 13 nitrogen and oxygen atoms in total. The number of ether oxygens (including phenoxy) is 1. The van der Waals surface area contributed by atoms with Crippen molar-refractivity contribution in [1.82, 2.24) is 4.90 Å². The Morgan fingerprint density at radius 3 is 2.42 bits per heavy atom. The summed E-state index contributed by atoms with van der Waals surface area (Å²) in [6, 6.07) is 18.3. The Labute approximate surface area is 290 Å². The molecule has 6 atom stereocenters. The van der Waals surface area contributed by atoms with Crippen LogP contribution in [0.25, 0.3) is 0 Å². The number of carbonyl (C=O) groups excluding carboxylic acids is 3. The highest BCUT2D eigenvalue weighted by atomic mass is 28.4. The summed E-state index contributed by atoms with van der Waals surface area (Å²) in [5, 5.41) is 34.3. The Balaban J connectivity index is 1.34. The number of nitrogens with zero attached hydrogens (tertiary/aromatic N) is 3. The Bertz CT molecular complexity index is 1830. The smallest absolute Gasteiger partial charge is 0.269 e. The predicted octanol–water partition coefficient (Wildman–Crippen LogP) is 3.59. The van der Waals surface area contributed by atoms with Crippen LogP contribution in [-0.2, 0) is 44.2 Å². The van der Waals surface area contributed by atoms with Crippen LogP contribution in [-0.4, -0.2) is 75.7 Å². The van der Waals surface area contributed by atoms with Gasteiger partial charge < -0.3 is 34.9 Å². The molecule has 0 aliphatic carbocycles. The number of hydrogen-bond donors (Lipinski definition) is 4. The van der Waals surface area contributed by atoms with Crippen molar-refractivity contribution >= 4 is 43.1 Å². The summed E-state index contributed by atoms with van der Waals surface area (Å²) >= 11 is 0. The molecule has 3 amide bonds. The number of benzene rings is 3. The van der Waals surface area contributed by atoms with Gasteiger partial charge in [-0.25, -0.2) is 0 Å². The molecule has 3 aliphatic rings. The van der Waals surface area contributed by atoms with Gasteiger partial charge >= 0.3 is 0 Å². The fourth-order valence-corrected chi connectivity index (χ4v) is 10.5. The summed E-state index contributed by atoms with van der Waals surface area (Å²) in [5.74, 6) is -1.95. The highest BCUT2D eigenvalue weighted by Crippen LogP contribution is 2.60. The van der Waals surface area contributed by atoms with Gasteiger partial charge in [0.15, 0.2) is 13.9 Å². The van der Waals surface area contributed by atoms with E-state index < -0.39 is 60.4 Å². The molecule has 0 aromatic heterocycles. The number of aliphatic hydroxyl groups is 2. The van der Waals surface area contributed by atoms with Crippen molar-refractivity contribution in [2.24, 2.45) is 5.92 Å². The molecule has 14 heteroatoms. The molecule has 3 heterocycles. The number of nitrogens with one attached hydrogen (secondary N) is 1. The molecule has 3 aromatic carbocycles. The Morgan fingerprint density at radius 1 is 1.12 bits per heavy atom. The SMILES string of the molecule is C[C@H](O)C(=O)Nc1ccc(CN2C(=O)[C@@]3(O[C@@H](CC(=O)N4Cc5ccccc5C[C@H]4CO)[C@H]([Si](C)(C)O)[C@H]3C)c3cc([N+](=O)[O-])ccc32)cc1. The standard InChI is InChI=1S/C36H42N4O9Si/c1-21-33(50(3,4)48)31(17-32(43)38-19-25-8-6-5-7-24(25)15-28(38)20-41)49-36(21)29-16-27(40(46)47)13-14-30(29)39(35(36)45)18-23-9-11-26(12-10-23)37-34(44)22(2)42/h5-14,16,21-22,28,31,33,41-42,48H,15,17-20H2,1-4H3,(H,37,44)/t21-,22+,28+,31+,33-,36+/m1/s1. The van der Waals surface area contributed by atoms with E-state index in [-0.39, 0.29) is 31.2 Å². The molecule has 6 rings (SSSR count). The maximum absolute atomic E-state index is 14.8. The minimum absolute atomic E-state index is 0.0751. The third-order valence-corrected chi connectivity index (χ3v) is 12.9. The number of anilines is 2. The number of carbonyl (C=O) groups is 3. The lowest BCUT2D eigenvalue weighted by Crippen LogP contribution is -2.48. The van der Waals surface area contributed by atoms with Crippen molar-refractivity contribution in [2.75, 3.05) is 16.8 Å². The first kappa shape index (κ1) is 35.4. The number of rotatable bonds is 9. The fraction of sp³-hybridized carbons (Fsp3) is 0.417. The van der Waals surface area contributed by atoms with E-state index in [1.165, 1.54) is 30.0 Å². The Hall–Kier alpha value is -4.47. The fourth-order valence-electron chi connectivity index (χ4n) is 7.99. The molecule has 3 aliphatic heterocycles. The van der Waals surface area contributed by atoms with E-state index in [0.29, 0.717) is 35.5 Å². The second-order valence-corrected chi connectivity index (χ2v) is 18.1. The van der Waals surface area contributed by atoms with Crippen molar-refractivity contribution in [2.45, 2.75) is 82.3 Å². The van der Waals surface area contributed by atoms with Gasteiger partial charge in [-0.2, -0.15) is 0 Å². The van der Waals surface area contributed by atoms with Crippen molar-refractivity contribution in [3.63, 3.8) is 0 Å². The highest BCUT2D eigenvalue weighted by molar-refractivity contribution is 6.71. The van der Waals surface area contributed by atoms with Crippen molar-refractivity contribution in [3.8, 4) is 0 Å². The van der Waals surface area contributed by atoms with Crippen LogP contribution < -0.4 is 10.2 Å². The third-order valence-electron chi connectivity index (χ3n) is 10.4. The molecule has 50 heavy (non-hydrogen) atoms. The topological polar surface area (TPSA) is 183 Å². The summed E-state index contributed by atoms with van der Waals surface area (Å²) in [5.41, 5.74) is 1.41. The molecule has 1 spiro atoms.